The molecule has 0 saturated heterocycles. The standard InChI is InChI=1S/C21H21FN8O3/c22-14-10-23-7-5-15(14)27-21(32)17-11-24-20-16(26-18-6-8-33-29-18)9-19(28-30(17)20)25-12-1-3-13(31)4-2-12/h5-13,31H,1-4H2,(H,25,28)(H,26,29)(H,23,27,32). The van der Waals surface area contributed by atoms with Crippen molar-refractivity contribution in [3.63, 3.8) is 0 Å². The molecule has 0 unspecified atom stereocenters. The zero-order valence-corrected chi connectivity index (χ0v) is 17.4. The van der Waals surface area contributed by atoms with Crippen LogP contribution >= 0.6 is 0 Å². The first-order valence-corrected chi connectivity index (χ1v) is 10.5. The molecule has 4 aromatic rings. The molecule has 0 bridgehead atoms. The molecule has 1 aliphatic carbocycles. The number of carbonyl (C=O) groups excluding carboxylic acids is 1. The lowest BCUT2D eigenvalue weighted by Crippen LogP contribution is -2.29. The SMILES string of the molecule is O=C(Nc1ccncc1F)c1cnc2c(Nc3ccon3)cc(NC3CCC(O)CC3)nn12. The molecule has 4 aromatic heterocycles. The zero-order chi connectivity index (χ0) is 22.8. The molecule has 33 heavy (non-hydrogen) atoms. The monoisotopic (exact) mass is 452 g/mol. The quantitative estimate of drug-likeness (QED) is 0.347. The fraction of sp³-hybridized carbons (Fsp3) is 0.286. The minimum Gasteiger partial charge on any atom is -0.393 e. The third-order valence-corrected chi connectivity index (χ3v) is 5.47. The highest BCUT2D eigenvalue weighted by molar-refractivity contribution is 6.03. The van der Waals surface area contributed by atoms with Crippen molar-refractivity contribution < 1.29 is 18.8 Å². The van der Waals surface area contributed by atoms with Crippen LogP contribution in [0.15, 0.2) is 47.6 Å². The van der Waals surface area contributed by atoms with E-state index in [9.17, 15) is 14.3 Å². The summed E-state index contributed by atoms with van der Waals surface area (Å²) >= 11 is 0. The van der Waals surface area contributed by atoms with E-state index in [1.165, 1.54) is 29.2 Å². The summed E-state index contributed by atoms with van der Waals surface area (Å²) in [6.45, 7) is 0. The van der Waals surface area contributed by atoms with E-state index in [4.69, 9.17) is 4.52 Å². The van der Waals surface area contributed by atoms with Crippen LogP contribution in [0.4, 0.5) is 27.4 Å². The summed E-state index contributed by atoms with van der Waals surface area (Å²) in [6.07, 6.45) is 7.93. The molecule has 0 aromatic carbocycles. The van der Waals surface area contributed by atoms with Crippen molar-refractivity contribution in [1.82, 2.24) is 24.7 Å². The van der Waals surface area contributed by atoms with Crippen molar-refractivity contribution in [2.75, 3.05) is 16.0 Å². The number of halogens is 1. The lowest BCUT2D eigenvalue weighted by atomic mass is 9.93. The predicted octanol–water partition coefficient (Wildman–Crippen LogP) is 2.96. The molecule has 0 aliphatic heterocycles. The summed E-state index contributed by atoms with van der Waals surface area (Å²) in [5, 5.41) is 27.2. The van der Waals surface area contributed by atoms with Gasteiger partial charge in [0.1, 0.15) is 12.1 Å². The fourth-order valence-electron chi connectivity index (χ4n) is 3.79. The van der Waals surface area contributed by atoms with Gasteiger partial charge in [-0.2, -0.15) is 0 Å². The number of aliphatic hydroxyl groups excluding tert-OH is 1. The number of hydrogen-bond donors (Lipinski definition) is 4. The Balaban J connectivity index is 1.49. The van der Waals surface area contributed by atoms with Crippen molar-refractivity contribution in [3.05, 3.63) is 54.6 Å². The molecule has 4 heterocycles. The van der Waals surface area contributed by atoms with E-state index in [0.29, 0.717) is 35.8 Å². The maximum Gasteiger partial charge on any atom is 0.276 e. The third kappa shape index (κ3) is 4.46. The van der Waals surface area contributed by atoms with E-state index >= 15 is 0 Å². The van der Waals surface area contributed by atoms with Crippen molar-refractivity contribution >= 4 is 34.6 Å². The zero-order valence-electron chi connectivity index (χ0n) is 17.4. The summed E-state index contributed by atoms with van der Waals surface area (Å²) in [5.74, 6) is -0.256. The van der Waals surface area contributed by atoms with E-state index in [1.807, 2.05) is 0 Å². The van der Waals surface area contributed by atoms with Gasteiger partial charge < -0.3 is 25.6 Å². The van der Waals surface area contributed by atoms with E-state index in [2.05, 4.69) is 36.2 Å². The Labute approximate surface area is 187 Å². The smallest absolute Gasteiger partial charge is 0.276 e. The van der Waals surface area contributed by atoms with Gasteiger partial charge in [-0.05, 0) is 31.7 Å². The number of carbonyl (C=O) groups is 1. The van der Waals surface area contributed by atoms with Crippen molar-refractivity contribution in [2.24, 2.45) is 0 Å². The first-order valence-electron chi connectivity index (χ1n) is 10.5. The second-order valence-corrected chi connectivity index (χ2v) is 7.79. The van der Waals surface area contributed by atoms with Gasteiger partial charge in [-0.15, -0.1) is 5.10 Å². The van der Waals surface area contributed by atoms with Crippen molar-refractivity contribution in [1.29, 1.82) is 0 Å². The van der Waals surface area contributed by atoms with Crippen LogP contribution in [0, 0.1) is 5.82 Å². The van der Waals surface area contributed by atoms with Crippen LogP contribution in [-0.2, 0) is 0 Å². The number of fused-ring (bicyclic) bond motifs is 1. The van der Waals surface area contributed by atoms with Gasteiger partial charge in [0, 0.05) is 24.4 Å². The highest BCUT2D eigenvalue weighted by Crippen LogP contribution is 2.27. The first-order chi connectivity index (χ1) is 16.1. The highest BCUT2D eigenvalue weighted by atomic mass is 19.1. The second kappa shape index (κ2) is 8.82. The Bertz CT molecular complexity index is 1270. The summed E-state index contributed by atoms with van der Waals surface area (Å²) in [5.41, 5.74) is 1.04. The van der Waals surface area contributed by atoms with Crippen LogP contribution in [0.2, 0.25) is 0 Å². The average Bonchev–Trinajstić information content (AvgIpc) is 3.47. The number of anilines is 4. The van der Waals surface area contributed by atoms with Gasteiger partial charge in [0.05, 0.1) is 29.9 Å². The number of aliphatic hydroxyl groups is 1. The largest absolute Gasteiger partial charge is 0.393 e. The number of pyridine rings is 1. The first kappa shape index (κ1) is 20.8. The van der Waals surface area contributed by atoms with E-state index in [-0.39, 0.29) is 23.5 Å². The molecular formula is C21H21FN8O3. The molecule has 5 rings (SSSR count). The molecule has 0 radical (unpaired) electrons. The summed E-state index contributed by atoms with van der Waals surface area (Å²) in [4.78, 5) is 20.9. The molecule has 1 saturated carbocycles. The van der Waals surface area contributed by atoms with Gasteiger partial charge in [-0.3, -0.25) is 9.78 Å². The Morgan fingerprint density at radius 3 is 2.76 bits per heavy atom. The van der Waals surface area contributed by atoms with Crippen LogP contribution in [-0.4, -0.2) is 47.9 Å². The molecule has 0 atom stereocenters. The summed E-state index contributed by atoms with van der Waals surface area (Å²) < 4.78 is 20.2. The number of imidazole rings is 1. The van der Waals surface area contributed by atoms with Gasteiger partial charge in [0.15, 0.2) is 23.0 Å². The Hall–Kier alpha value is -4.06. The van der Waals surface area contributed by atoms with Crippen molar-refractivity contribution in [3.8, 4) is 0 Å². The molecular weight excluding hydrogens is 431 g/mol. The number of hydrogen-bond acceptors (Lipinski definition) is 9. The fourth-order valence-corrected chi connectivity index (χ4v) is 3.79. The number of nitrogens with zero attached hydrogens (tertiary/aromatic N) is 5. The Morgan fingerprint density at radius 2 is 2.00 bits per heavy atom. The van der Waals surface area contributed by atoms with Crippen molar-refractivity contribution in [2.45, 2.75) is 37.8 Å². The Morgan fingerprint density at radius 1 is 1.15 bits per heavy atom. The van der Waals surface area contributed by atoms with E-state index in [0.717, 1.165) is 19.0 Å². The predicted molar refractivity (Wildman–Crippen MR) is 117 cm³/mol. The minimum atomic E-state index is -0.650. The summed E-state index contributed by atoms with van der Waals surface area (Å²) in [6, 6.07) is 4.91. The van der Waals surface area contributed by atoms with Crippen LogP contribution in [0.1, 0.15) is 36.2 Å². The van der Waals surface area contributed by atoms with E-state index in [1.54, 1.807) is 12.1 Å². The molecule has 4 N–H and O–H groups in total. The number of amides is 1. The molecule has 1 fully saturated rings. The van der Waals surface area contributed by atoms with Gasteiger partial charge in [0.2, 0.25) is 0 Å². The lowest BCUT2D eigenvalue weighted by molar-refractivity contribution is 0.101. The number of nitrogens with one attached hydrogen (secondary N) is 3. The van der Waals surface area contributed by atoms with Crippen LogP contribution in [0.25, 0.3) is 5.65 Å². The van der Waals surface area contributed by atoms with E-state index < -0.39 is 11.7 Å². The normalized spacial score (nSPS) is 18.2. The molecule has 11 nitrogen and oxygen atoms in total. The molecule has 170 valence electrons. The summed E-state index contributed by atoms with van der Waals surface area (Å²) in [7, 11) is 0. The van der Waals surface area contributed by atoms with Crippen LogP contribution in [0.3, 0.4) is 0 Å². The average molecular weight is 452 g/mol. The minimum absolute atomic E-state index is 0.000869. The molecule has 12 heteroatoms. The van der Waals surface area contributed by atoms with Gasteiger partial charge in [-0.1, -0.05) is 5.16 Å². The van der Waals surface area contributed by atoms with Gasteiger partial charge in [-0.25, -0.2) is 13.9 Å². The molecule has 1 aliphatic rings. The van der Waals surface area contributed by atoms with Crippen LogP contribution in [0.5, 0.6) is 0 Å². The number of aromatic nitrogens is 5. The molecule has 0 spiro atoms. The van der Waals surface area contributed by atoms with Gasteiger partial charge in [0.25, 0.3) is 5.91 Å². The lowest BCUT2D eigenvalue weighted by Gasteiger charge is -2.26. The number of rotatable bonds is 6. The Kier molecular flexibility index (Phi) is 5.57. The van der Waals surface area contributed by atoms with Gasteiger partial charge >= 0.3 is 0 Å². The third-order valence-electron chi connectivity index (χ3n) is 5.47. The van der Waals surface area contributed by atoms with Crippen LogP contribution < -0.4 is 16.0 Å². The highest BCUT2D eigenvalue weighted by Gasteiger charge is 2.22. The topological polar surface area (TPSA) is 142 Å². The maximum absolute atomic E-state index is 14.0. The second-order valence-electron chi connectivity index (χ2n) is 7.79. The maximum atomic E-state index is 14.0. The molecule has 1 amide bonds.